The summed E-state index contributed by atoms with van der Waals surface area (Å²) in [6, 6.07) is 3.69. The number of amidine groups is 1. The summed E-state index contributed by atoms with van der Waals surface area (Å²) in [6.45, 7) is 4.77. The van der Waals surface area contributed by atoms with E-state index in [4.69, 9.17) is 15.7 Å². The molecule has 1 fully saturated rings. The molecule has 1 aromatic heterocycles. The summed E-state index contributed by atoms with van der Waals surface area (Å²) < 4.78 is 5.54. The molecule has 2 unspecified atom stereocenters. The average molecular weight is 267 g/mol. The number of nitrogens with two attached hydrogens (primary N) is 1. The van der Waals surface area contributed by atoms with Crippen LogP contribution < -0.4 is 5.73 Å². The zero-order chi connectivity index (χ0) is 13.1. The molecule has 18 heavy (non-hydrogen) atoms. The molecule has 0 spiro atoms. The lowest BCUT2D eigenvalue weighted by molar-refractivity contribution is 0.127. The Hall–Kier alpha value is -1.27. The number of pyridine rings is 1. The molecule has 2 atom stereocenters. The number of aromatic nitrogens is 1. The van der Waals surface area contributed by atoms with Crippen LogP contribution in [-0.4, -0.2) is 34.0 Å². The van der Waals surface area contributed by atoms with Gasteiger partial charge in [-0.05, 0) is 32.4 Å². The highest BCUT2D eigenvalue weighted by Crippen LogP contribution is 2.33. The van der Waals surface area contributed by atoms with E-state index < -0.39 is 0 Å². The van der Waals surface area contributed by atoms with Gasteiger partial charge in [0.25, 0.3) is 0 Å². The Labute approximate surface area is 110 Å². The number of thioether (sulfide) groups is 1. The maximum Gasteiger partial charge on any atom is 0.172 e. The van der Waals surface area contributed by atoms with Crippen LogP contribution in [0.2, 0.25) is 0 Å². The van der Waals surface area contributed by atoms with Crippen LogP contribution in [0.4, 0.5) is 0 Å². The predicted molar refractivity (Wildman–Crippen MR) is 71.2 cm³/mol. The van der Waals surface area contributed by atoms with Crippen LogP contribution in [0.15, 0.2) is 22.3 Å². The van der Waals surface area contributed by atoms with Crippen molar-refractivity contribution in [2.45, 2.75) is 36.6 Å². The summed E-state index contributed by atoms with van der Waals surface area (Å²) in [5, 5.41) is 13.0. The molecule has 6 heteroatoms. The van der Waals surface area contributed by atoms with Gasteiger partial charge < -0.3 is 15.7 Å². The summed E-state index contributed by atoms with van der Waals surface area (Å²) in [7, 11) is 0. The van der Waals surface area contributed by atoms with Gasteiger partial charge in [0, 0.05) is 17.6 Å². The third kappa shape index (κ3) is 2.76. The topological polar surface area (TPSA) is 80.7 Å². The maximum atomic E-state index is 8.80. The molecule has 1 aromatic rings. The minimum atomic E-state index is 0.0940. The second-order valence-corrected chi connectivity index (χ2v) is 5.54. The van der Waals surface area contributed by atoms with Gasteiger partial charge in [-0.15, -0.1) is 0 Å². The molecule has 0 aromatic carbocycles. The Morgan fingerprint density at radius 1 is 1.61 bits per heavy atom. The first kappa shape index (κ1) is 13.2. The van der Waals surface area contributed by atoms with E-state index in [1.165, 1.54) is 0 Å². The number of ether oxygens (including phenoxy) is 1. The fraction of sp³-hybridized carbons (Fsp3) is 0.500. The molecule has 98 valence electrons. The lowest BCUT2D eigenvalue weighted by Gasteiger charge is -2.15. The third-order valence-electron chi connectivity index (χ3n) is 2.95. The van der Waals surface area contributed by atoms with E-state index in [1.54, 1.807) is 11.8 Å². The Kier molecular flexibility index (Phi) is 4.08. The molecule has 0 amide bonds. The van der Waals surface area contributed by atoms with Gasteiger partial charge in [0.05, 0.1) is 11.7 Å². The van der Waals surface area contributed by atoms with Crippen LogP contribution in [0.3, 0.4) is 0 Å². The molecule has 1 aliphatic rings. The normalized spacial score (nSPS) is 24.4. The molecule has 2 rings (SSSR count). The van der Waals surface area contributed by atoms with E-state index in [-0.39, 0.29) is 11.9 Å². The minimum Gasteiger partial charge on any atom is -0.409 e. The van der Waals surface area contributed by atoms with Gasteiger partial charge in [0.15, 0.2) is 5.84 Å². The Morgan fingerprint density at radius 3 is 3.00 bits per heavy atom. The van der Waals surface area contributed by atoms with Crippen molar-refractivity contribution in [3.8, 4) is 0 Å². The lowest BCUT2D eigenvalue weighted by Crippen LogP contribution is -2.18. The van der Waals surface area contributed by atoms with E-state index in [0.717, 1.165) is 23.7 Å². The van der Waals surface area contributed by atoms with E-state index in [0.29, 0.717) is 10.8 Å². The second-order valence-electron chi connectivity index (χ2n) is 4.31. The zero-order valence-corrected chi connectivity index (χ0v) is 11.3. The molecular formula is C12H17N3O2S. The summed E-state index contributed by atoms with van der Waals surface area (Å²) in [4.78, 5) is 4.48. The van der Waals surface area contributed by atoms with Gasteiger partial charge in [-0.1, -0.05) is 16.9 Å². The van der Waals surface area contributed by atoms with Gasteiger partial charge in [-0.25, -0.2) is 4.98 Å². The number of aryl methyl sites for hydroxylation is 1. The van der Waals surface area contributed by atoms with Crippen molar-refractivity contribution in [3.63, 3.8) is 0 Å². The fourth-order valence-corrected chi connectivity index (χ4v) is 3.15. The van der Waals surface area contributed by atoms with Crippen molar-refractivity contribution in [1.82, 2.24) is 4.98 Å². The number of oxime groups is 1. The van der Waals surface area contributed by atoms with Gasteiger partial charge >= 0.3 is 0 Å². The van der Waals surface area contributed by atoms with Crippen LogP contribution in [0.5, 0.6) is 0 Å². The summed E-state index contributed by atoms with van der Waals surface area (Å²) >= 11 is 1.64. The van der Waals surface area contributed by atoms with Crippen LogP contribution in [-0.2, 0) is 4.74 Å². The number of nitrogens with zero attached hydrogens (tertiary/aromatic N) is 2. The second kappa shape index (κ2) is 5.58. The molecule has 3 N–H and O–H groups in total. The van der Waals surface area contributed by atoms with Crippen LogP contribution in [0.25, 0.3) is 0 Å². The summed E-state index contributed by atoms with van der Waals surface area (Å²) in [5.41, 5.74) is 7.26. The van der Waals surface area contributed by atoms with Gasteiger partial charge in [0.1, 0.15) is 5.03 Å². The van der Waals surface area contributed by atoms with Gasteiger partial charge in [-0.3, -0.25) is 0 Å². The maximum absolute atomic E-state index is 8.80. The molecule has 2 heterocycles. The molecule has 0 radical (unpaired) electrons. The largest absolute Gasteiger partial charge is 0.409 e. The van der Waals surface area contributed by atoms with Crippen molar-refractivity contribution in [2.75, 3.05) is 6.61 Å². The number of hydrogen-bond donors (Lipinski definition) is 2. The third-order valence-corrected chi connectivity index (χ3v) is 4.41. The fourth-order valence-electron chi connectivity index (χ4n) is 1.88. The highest BCUT2D eigenvalue weighted by molar-refractivity contribution is 8.00. The average Bonchev–Trinajstić information content (AvgIpc) is 2.74. The van der Waals surface area contributed by atoms with Gasteiger partial charge in [-0.2, -0.15) is 0 Å². The van der Waals surface area contributed by atoms with Gasteiger partial charge in [0.2, 0.25) is 0 Å². The number of rotatable bonds is 3. The van der Waals surface area contributed by atoms with Crippen molar-refractivity contribution in [2.24, 2.45) is 10.9 Å². The lowest BCUT2D eigenvalue weighted by atomic mass is 10.2. The van der Waals surface area contributed by atoms with Crippen molar-refractivity contribution >= 4 is 17.6 Å². The highest BCUT2D eigenvalue weighted by Gasteiger charge is 2.27. The van der Waals surface area contributed by atoms with Crippen molar-refractivity contribution < 1.29 is 9.94 Å². The van der Waals surface area contributed by atoms with E-state index in [9.17, 15) is 0 Å². The Morgan fingerprint density at radius 2 is 2.39 bits per heavy atom. The molecule has 0 saturated carbocycles. The van der Waals surface area contributed by atoms with E-state index in [1.807, 2.05) is 19.1 Å². The summed E-state index contributed by atoms with van der Waals surface area (Å²) in [5.74, 6) is 0.0940. The summed E-state index contributed by atoms with van der Waals surface area (Å²) in [6.07, 6.45) is 1.20. The van der Waals surface area contributed by atoms with Crippen LogP contribution in [0.1, 0.15) is 24.6 Å². The highest BCUT2D eigenvalue weighted by atomic mass is 32.2. The Bertz CT molecular complexity index is 465. The first-order valence-corrected chi connectivity index (χ1v) is 6.73. The molecule has 5 nitrogen and oxygen atoms in total. The predicted octanol–water partition coefficient (Wildman–Crippen LogP) is 1.75. The monoisotopic (exact) mass is 267 g/mol. The Balaban J connectivity index is 2.27. The van der Waals surface area contributed by atoms with E-state index >= 15 is 0 Å². The quantitative estimate of drug-likeness (QED) is 0.377. The SMILES string of the molecule is Cc1ccc(/C(N)=N/O)c(SC2CCOC2C)n1. The molecule has 1 saturated heterocycles. The number of hydrogen-bond acceptors (Lipinski definition) is 5. The molecule has 0 aliphatic carbocycles. The zero-order valence-electron chi connectivity index (χ0n) is 10.5. The van der Waals surface area contributed by atoms with Crippen LogP contribution >= 0.6 is 11.8 Å². The van der Waals surface area contributed by atoms with E-state index in [2.05, 4.69) is 17.1 Å². The van der Waals surface area contributed by atoms with Crippen molar-refractivity contribution in [1.29, 1.82) is 0 Å². The van der Waals surface area contributed by atoms with Crippen LogP contribution in [0, 0.1) is 6.92 Å². The minimum absolute atomic E-state index is 0.0940. The van der Waals surface area contributed by atoms with Crippen molar-refractivity contribution in [3.05, 3.63) is 23.4 Å². The first-order valence-electron chi connectivity index (χ1n) is 5.85. The molecular weight excluding hydrogens is 250 g/mol. The smallest absolute Gasteiger partial charge is 0.172 e. The molecule has 0 bridgehead atoms. The molecule has 1 aliphatic heterocycles. The standard InChI is InChI=1S/C12H17N3O2S/c1-7-3-4-9(11(13)15-16)12(14-7)18-10-5-6-17-8(10)2/h3-4,8,10,16H,5-6H2,1-2H3,(H2,13,15). The first-order chi connectivity index (χ1) is 8.61.